The number of aliphatic hydroxyl groups is 1. The first kappa shape index (κ1) is 9.15. The van der Waals surface area contributed by atoms with Crippen LogP contribution in [-0.2, 0) is 17.8 Å². The Morgan fingerprint density at radius 2 is 2.21 bits per heavy atom. The molecule has 1 aromatic rings. The lowest BCUT2D eigenvalue weighted by Gasteiger charge is -2.17. The fraction of sp³-hybridized carbons (Fsp3) is 0.300. The van der Waals surface area contributed by atoms with Crippen molar-refractivity contribution >= 4 is 11.6 Å². The van der Waals surface area contributed by atoms with E-state index in [1.807, 2.05) is 0 Å². The highest BCUT2D eigenvalue weighted by Gasteiger charge is 2.16. The zero-order valence-electron chi connectivity index (χ0n) is 7.51. The molecule has 0 fully saturated rings. The number of amides is 1. The molecule has 0 saturated carbocycles. The van der Waals surface area contributed by atoms with Crippen LogP contribution in [0.1, 0.15) is 17.5 Å². The van der Waals surface area contributed by atoms with Crippen LogP contribution in [0.3, 0.4) is 0 Å². The topological polar surface area (TPSA) is 49.3 Å². The number of carbonyl (C=O) groups excluding carboxylic acids is 1. The molecule has 0 aliphatic carbocycles. The van der Waals surface area contributed by atoms with Crippen molar-refractivity contribution in [2.75, 3.05) is 5.32 Å². The van der Waals surface area contributed by atoms with Crippen molar-refractivity contribution in [3.8, 4) is 0 Å². The summed E-state index contributed by atoms with van der Waals surface area (Å²) < 4.78 is 13.2. The lowest BCUT2D eigenvalue weighted by atomic mass is 10.0. The number of rotatable bonds is 1. The van der Waals surface area contributed by atoms with E-state index in [2.05, 4.69) is 5.32 Å². The van der Waals surface area contributed by atoms with Gasteiger partial charge in [-0.3, -0.25) is 4.79 Å². The third-order valence-corrected chi connectivity index (χ3v) is 2.34. The van der Waals surface area contributed by atoms with Crippen LogP contribution in [0.5, 0.6) is 0 Å². The fourth-order valence-electron chi connectivity index (χ4n) is 1.57. The number of carbonyl (C=O) groups is 1. The van der Waals surface area contributed by atoms with Gasteiger partial charge < -0.3 is 10.4 Å². The number of hydrogen-bond donors (Lipinski definition) is 2. The maximum atomic E-state index is 13.2. The Labute approximate surface area is 80.6 Å². The quantitative estimate of drug-likeness (QED) is 0.707. The molecule has 0 saturated heterocycles. The highest BCUT2D eigenvalue weighted by Crippen LogP contribution is 2.25. The van der Waals surface area contributed by atoms with Gasteiger partial charge in [-0.15, -0.1) is 0 Å². The molecule has 14 heavy (non-hydrogen) atoms. The number of aryl methyl sites for hydroxylation is 1. The van der Waals surface area contributed by atoms with Gasteiger partial charge in [-0.1, -0.05) is 0 Å². The van der Waals surface area contributed by atoms with Crippen LogP contribution in [0.2, 0.25) is 0 Å². The summed E-state index contributed by atoms with van der Waals surface area (Å²) in [7, 11) is 0. The first-order valence-electron chi connectivity index (χ1n) is 4.42. The standard InChI is InChI=1S/C10H10FNO2/c11-8-4-9-6(3-7(8)5-13)1-2-10(14)12-9/h3-4,13H,1-2,5H2,(H,12,14). The summed E-state index contributed by atoms with van der Waals surface area (Å²) in [5.74, 6) is -0.568. The number of fused-ring (bicyclic) bond motifs is 1. The van der Waals surface area contributed by atoms with E-state index in [1.165, 1.54) is 6.07 Å². The van der Waals surface area contributed by atoms with Crippen LogP contribution in [0.25, 0.3) is 0 Å². The third kappa shape index (κ3) is 1.48. The minimum Gasteiger partial charge on any atom is -0.392 e. The molecule has 4 heteroatoms. The van der Waals surface area contributed by atoms with Crippen molar-refractivity contribution in [2.24, 2.45) is 0 Å². The van der Waals surface area contributed by atoms with Gasteiger partial charge >= 0.3 is 0 Å². The van der Waals surface area contributed by atoms with E-state index >= 15 is 0 Å². The van der Waals surface area contributed by atoms with E-state index < -0.39 is 5.82 Å². The van der Waals surface area contributed by atoms with Gasteiger partial charge in [0.1, 0.15) is 5.82 Å². The lowest BCUT2D eigenvalue weighted by Crippen LogP contribution is -2.19. The first-order valence-corrected chi connectivity index (χ1v) is 4.42. The molecular weight excluding hydrogens is 185 g/mol. The van der Waals surface area contributed by atoms with Crippen LogP contribution >= 0.6 is 0 Å². The smallest absolute Gasteiger partial charge is 0.224 e. The van der Waals surface area contributed by atoms with Gasteiger partial charge in [0.2, 0.25) is 5.91 Å². The predicted octanol–water partition coefficient (Wildman–Crippen LogP) is 1.20. The SMILES string of the molecule is O=C1CCc2cc(CO)c(F)cc2N1. The highest BCUT2D eigenvalue weighted by molar-refractivity contribution is 5.93. The summed E-state index contributed by atoms with van der Waals surface area (Å²) in [4.78, 5) is 11.0. The lowest BCUT2D eigenvalue weighted by molar-refractivity contribution is -0.116. The van der Waals surface area contributed by atoms with E-state index in [4.69, 9.17) is 5.11 Å². The largest absolute Gasteiger partial charge is 0.392 e. The summed E-state index contributed by atoms with van der Waals surface area (Å²) in [5, 5.41) is 11.4. The Bertz CT molecular complexity index is 390. The Balaban J connectivity index is 2.45. The Hall–Kier alpha value is -1.42. The van der Waals surface area contributed by atoms with Gasteiger partial charge in [0.05, 0.1) is 6.61 Å². The Kier molecular flexibility index (Phi) is 2.21. The molecule has 0 atom stereocenters. The molecule has 2 rings (SSSR count). The minimum atomic E-state index is -0.478. The molecule has 2 N–H and O–H groups in total. The highest BCUT2D eigenvalue weighted by atomic mass is 19.1. The van der Waals surface area contributed by atoms with Crippen molar-refractivity contribution in [1.29, 1.82) is 0 Å². The van der Waals surface area contributed by atoms with E-state index in [-0.39, 0.29) is 18.1 Å². The monoisotopic (exact) mass is 195 g/mol. The van der Waals surface area contributed by atoms with Gasteiger partial charge in [-0.25, -0.2) is 4.39 Å². The number of anilines is 1. The van der Waals surface area contributed by atoms with Gasteiger partial charge in [0.25, 0.3) is 0 Å². The molecule has 1 aliphatic rings. The van der Waals surface area contributed by atoms with Crippen LogP contribution in [0, 0.1) is 5.82 Å². The average molecular weight is 195 g/mol. The maximum Gasteiger partial charge on any atom is 0.224 e. The average Bonchev–Trinajstić information content (AvgIpc) is 2.16. The van der Waals surface area contributed by atoms with Gasteiger partial charge in [-0.05, 0) is 24.1 Å². The maximum absolute atomic E-state index is 13.2. The summed E-state index contributed by atoms with van der Waals surface area (Å²) >= 11 is 0. The molecule has 1 amide bonds. The Morgan fingerprint density at radius 3 is 2.93 bits per heavy atom. The second-order valence-electron chi connectivity index (χ2n) is 3.31. The molecule has 0 aromatic heterocycles. The molecule has 0 bridgehead atoms. The fourth-order valence-corrected chi connectivity index (χ4v) is 1.57. The van der Waals surface area contributed by atoms with Gasteiger partial charge in [0.15, 0.2) is 0 Å². The number of nitrogens with one attached hydrogen (secondary N) is 1. The van der Waals surface area contributed by atoms with Crippen LogP contribution < -0.4 is 5.32 Å². The molecule has 0 spiro atoms. The van der Waals surface area contributed by atoms with E-state index in [0.717, 1.165) is 5.56 Å². The summed E-state index contributed by atoms with van der Waals surface area (Å²) in [6.45, 7) is -0.312. The van der Waals surface area contributed by atoms with Crippen molar-refractivity contribution in [2.45, 2.75) is 19.4 Å². The zero-order valence-corrected chi connectivity index (χ0v) is 7.51. The van der Waals surface area contributed by atoms with Crippen molar-refractivity contribution < 1.29 is 14.3 Å². The normalized spacial score (nSPS) is 14.9. The van der Waals surface area contributed by atoms with Crippen LogP contribution in [0.4, 0.5) is 10.1 Å². The van der Waals surface area contributed by atoms with Gasteiger partial charge in [-0.2, -0.15) is 0 Å². The van der Waals surface area contributed by atoms with Crippen LogP contribution in [0.15, 0.2) is 12.1 Å². The van der Waals surface area contributed by atoms with Crippen molar-refractivity contribution in [3.63, 3.8) is 0 Å². The number of aliphatic hydroxyl groups excluding tert-OH is 1. The predicted molar refractivity (Wildman–Crippen MR) is 49.3 cm³/mol. The molecule has 0 radical (unpaired) electrons. The first-order chi connectivity index (χ1) is 6.70. The van der Waals surface area contributed by atoms with Crippen molar-refractivity contribution in [3.05, 3.63) is 29.1 Å². The molecule has 3 nitrogen and oxygen atoms in total. The third-order valence-electron chi connectivity index (χ3n) is 2.34. The van der Waals surface area contributed by atoms with Crippen molar-refractivity contribution in [1.82, 2.24) is 0 Å². The van der Waals surface area contributed by atoms with E-state index in [1.54, 1.807) is 6.07 Å². The molecular formula is C10H10FNO2. The molecule has 1 aliphatic heterocycles. The number of hydrogen-bond acceptors (Lipinski definition) is 2. The van der Waals surface area contributed by atoms with E-state index in [9.17, 15) is 9.18 Å². The van der Waals surface area contributed by atoms with Crippen LogP contribution in [-0.4, -0.2) is 11.0 Å². The number of benzene rings is 1. The molecule has 1 heterocycles. The molecule has 74 valence electrons. The number of halogens is 1. The summed E-state index contributed by atoms with van der Waals surface area (Å²) in [5.41, 5.74) is 1.69. The zero-order chi connectivity index (χ0) is 10.1. The Morgan fingerprint density at radius 1 is 1.43 bits per heavy atom. The van der Waals surface area contributed by atoms with Gasteiger partial charge in [0, 0.05) is 17.7 Å². The second kappa shape index (κ2) is 3.38. The summed E-state index contributed by atoms with van der Waals surface area (Å²) in [6, 6.07) is 2.86. The second-order valence-corrected chi connectivity index (χ2v) is 3.31. The minimum absolute atomic E-state index is 0.0892. The molecule has 0 unspecified atom stereocenters. The van der Waals surface area contributed by atoms with E-state index in [0.29, 0.717) is 18.5 Å². The molecule has 1 aromatic carbocycles. The summed E-state index contributed by atoms with van der Waals surface area (Å²) in [6.07, 6.45) is 1.03.